The summed E-state index contributed by atoms with van der Waals surface area (Å²) in [6.45, 7) is 3.62. The van der Waals surface area contributed by atoms with Gasteiger partial charge in [0, 0.05) is 24.4 Å². The fourth-order valence-electron chi connectivity index (χ4n) is 0.966. The van der Waals surface area contributed by atoms with Gasteiger partial charge in [-0.1, -0.05) is 12.6 Å². The van der Waals surface area contributed by atoms with E-state index < -0.39 is 0 Å². The van der Waals surface area contributed by atoms with Gasteiger partial charge in [-0.25, -0.2) is 4.79 Å². The van der Waals surface area contributed by atoms with Crippen molar-refractivity contribution in [2.75, 3.05) is 7.11 Å². The van der Waals surface area contributed by atoms with Gasteiger partial charge in [0.2, 0.25) is 0 Å². The van der Waals surface area contributed by atoms with E-state index in [9.17, 15) is 4.79 Å². The number of hydrogen-bond acceptors (Lipinski definition) is 3. The van der Waals surface area contributed by atoms with Crippen molar-refractivity contribution in [3.63, 3.8) is 0 Å². The van der Waals surface area contributed by atoms with Crippen LogP contribution in [0, 0.1) is 0 Å². The minimum absolute atomic E-state index is 0.371. The van der Waals surface area contributed by atoms with Crippen LogP contribution >= 0.6 is 0 Å². The summed E-state index contributed by atoms with van der Waals surface area (Å²) in [4.78, 5) is 14.9. The van der Waals surface area contributed by atoms with E-state index in [4.69, 9.17) is 0 Å². The Balaban J connectivity index is 2.60. The lowest BCUT2D eigenvalue weighted by Crippen LogP contribution is -2.05. The number of pyridine rings is 1. The van der Waals surface area contributed by atoms with Crippen LogP contribution in [0.1, 0.15) is 5.56 Å². The minimum atomic E-state index is -0.371. The number of carbonyl (C=O) groups excluding carboxylic acids is 1. The fourth-order valence-corrected chi connectivity index (χ4v) is 0.966. The van der Waals surface area contributed by atoms with Gasteiger partial charge in [0.15, 0.2) is 0 Å². The molecule has 1 aromatic heterocycles. The Morgan fingerprint density at radius 2 is 2.46 bits per heavy atom. The second-order valence-corrected chi connectivity index (χ2v) is 2.63. The maximum Gasteiger partial charge on any atom is 0.333 e. The number of methoxy groups -OCH3 is 1. The maximum atomic E-state index is 11.0. The molecule has 0 aromatic carbocycles. The first-order chi connectivity index (χ1) is 6.24. The molecule has 0 spiro atoms. The van der Waals surface area contributed by atoms with Crippen molar-refractivity contribution >= 4 is 5.97 Å². The molecule has 0 bridgehead atoms. The highest BCUT2D eigenvalue weighted by atomic mass is 16.5. The third-order valence-electron chi connectivity index (χ3n) is 1.61. The van der Waals surface area contributed by atoms with Crippen LogP contribution in [-0.4, -0.2) is 18.1 Å². The summed E-state index contributed by atoms with van der Waals surface area (Å²) in [5.74, 6) is -0.371. The van der Waals surface area contributed by atoms with Crippen LogP contribution in [0.4, 0.5) is 0 Å². The molecule has 3 nitrogen and oxygen atoms in total. The van der Waals surface area contributed by atoms with E-state index in [0.29, 0.717) is 12.0 Å². The first kappa shape index (κ1) is 9.45. The number of nitrogens with zero attached hydrogens (tertiary/aromatic N) is 1. The second kappa shape index (κ2) is 4.40. The first-order valence-corrected chi connectivity index (χ1v) is 3.89. The summed E-state index contributed by atoms with van der Waals surface area (Å²) in [6.07, 6.45) is 3.87. The Bertz CT molecular complexity index is 306. The monoisotopic (exact) mass is 177 g/mol. The number of rotatable bonds is 3. The molecule has 1 aromatic rings. The van der Waals surface area contributed by atoms with Crippen molar-refractivity contribution in [3.8, 4) is 0 Å². The molecule has 1 rings (SSSR count). The average molecular weight is 177 g/mol. The van der Waals surface area contributed by atoms with Crippen molar-refractivity contribution in [3.05, 3.63) is 42.2 Å². The molecule has 0 amide bonds. The molecule has 3 heteroatoms. The number of hydrogen-bond donors (Lipinski definition) is 0. The van der Waals surface area contributed by atoms with Crippen LogP contribution < -0.4 is 0 Å². The van der Waals surface area contributed by atoms with Gasteiger partial charge in [-0.05, 0) is 11.6 Å². The van der Waals surface area contributed by atoms with Crippen molar-refractivity contribution in [2.24, 2.45) is 0 Å². The van der Waals surface area contributed by atoms with Crippen LogP contribution in [0.3, 0.4) is 0 Å². The van der Waals surface area contributed by atoms with E-state index >= 15 is 0 Å². The maximum absolute atomic E-state index is 11.0. The molecule has 0 saturated carbocycles. The topological polar surface area (TPSA) is 39.2 Å². The van der Waals surface area contributed by atoms with Gasteiger partial charge in [0.05, 0.1) is 7.11 Å². The van der Waals surface area contributed by atoms with Crippen molar-refractivity contribution in [2.45, 2.75) is 6.42 Å². The van der Waals surface area contributed by atoms with Gasteiger partial charge in [-0.2, -0.15) is 0 Å². The molecule has 1 heterocycles. The van der Waals surface area contributed by atoms with Crippen LogP contribution in [0.15, 0.2) is 36.7 Å². The predicted octanol–water partition coefficient (Wildman–Crippen LogP) is 1.35. The lowest BCUT2D eigenvalue weighted by molar-refractivity contribution is -0.136. The smallest absolute Gasteiger partial charge is 0.333 e. The molecular formula is C10H11NO2. The highest BCUT2D eigenvalue weighted by Crippen LogP contribution is 2.05. The van der Waals surface area contributed by atoms with Crippen molar-refractivity contribution < 1.29 is 9.53 Å². The molecule has 68 valence electrons. The molecule has 0 radical (unpaired) electrons. The summed E-state index contributed by atoms with van der Waals surface area (Å²) in [6, 6.07) is 3.71. The lowest BCUT2D eigenvalue weighted by atomic mass is 10.1. The van der Waals surface area contributed by atoms with Gasteiger partial charge in [-0.15, -0.1) is 0 Å². The minimum Gasteiger partial charge on any atom is -0.466 e. The molecule has 0 N–H and O–H groups in total. The van der Waals surface area contributed by atoms with E-state index in [-0.39, 0.29) is 5.97 Å². The van der Waals surface area contributed by atoms with Gasteiger partial charge in [-0.3, -0.25) is 4.98 Å². The van der Waals surface area contributed by atoms with Gasteiger partial charge in [0.1, 0.15) is 0 Å². The van der Waals surface area contributed by atoms with Crippen molar-refractivity contribution in [1.82, 2.24) is 4.98 Å². The Morgan fingerprint density at radius 1 is 1.69 bits per heavy atom. The molecule has 0 fully saturated rings. The molecule has 0 saturated heterocycles. The number of carbonyl (C=O) groups is 1. The van der Waals surface area contributed by atoms with Crippen molar-refractivity contribution in [1.29, 1.82) is 0 Å². The number of aromatic nitrogens is 1. The van der Waals surface area contributed by atoms with Gasteiger partial charge < -0.3 is 4.74 Å². The largest absolute Gasteiger partial charge is 0.466 e. The fraction of sp³-hybridized carbons (Fsp3) is 0.200. The summed E-state index contributed by atoms with van der Waals surface area (Å²) in [7, 11) is 1.34. The third-order valence-corrected chi connectivity index (χ3v) is 1.61. The predicted molar refractivity (Wildman–Crippen MR) is 49.1 cm³/mol. The quantitative estimate of drug-likeness (QED) is 0.516. The normalized spacial score (nSPS) is 9.31. The molecule has 0 aliphatic heterocycles. The molecule has 0 aliphatic rings. The summed E-state index contributed by atoms with van der Waals surface area (Å²) >= 11 is 0. The Morgan fingerprint density at radius 3 is 3.00 bits per heavy atom. The first-order valence-electron chi connectivity index (χ1n) is 3.89. The van der Waals surface area contributed by atoms with Gasteiger partial charge in [0.25, 0.3) is 0 Å². The highest BCUT2D eigenvalue weighted by molar-refractivity contribution is 5.88. The van der Waals surface area contributed by atoms with E-state index in [1.54, 1.807) is 12.4 Å². The number of esters is 1. The molecule has 0 atom stereocenters. The SMILES string of the molecule is C=C(Cc1cccnc1)C(=O)OC. The molecule has 0 unspecified atom stereocenters. The molecule has 0 aliphatic carbocycles. The zero-order valence-corrected chi connectivity index (χ0v) is 7.49. The van der Waals surface area contributed by atoms with E-state index in [0.717, 1.165) is 5.56 Å². The van der Waals surface area contributed by atoms with E-state index in [1.165, 1.54) is 7.11 Å². The van der Waals surface area contributed by atoms with Crippen LogP contribution in [0.2, 0.25) is 0 Å². The van der Waals surface area contributed by atoms with Crippen LogP contribution in [0.5, 0.6) is 0 Å². The summed E-state index contributed by atoms with van der Waals surface area (Å²) in [5, 5.41) is 0. The van der Waals surface area contributed by atoms with Crippen LogP contribution in [-0.2, 0) is 16.0 Å². The van der Waals surface area contributed by atoms with E-state index in [1.807, 2.05) is 12.1 Å². The van der Waals surface area contributed by atoms with Gasteiger partial charge >= 0.3 is 5.97 Å². The summed E-state index contributed by atoms with van der Waals surface area (Å²) in [5.41, 5.74) is 1.40. The standard InChI is InChI=1S/C10H11NO2/c1-8(10(12)13-2)6-9-4-3-5-11-7-9/h3-5,7H,1,6H2,2H3. The number of ether oxygens (including phenoxy) is 1. The highest BCUT2D eigenvalue weighted by Gasteiger charge is 2.06. The zero-order valence-electron chi connectivity index (χ0n) is 7.49. The lowest BCUT2D eigenvalue weighted by Gasteiger charge is -2.02. The average Bonchev–Trinajstić information content (AvgIpc) is 2.18. The Kier molecular flexibility index (Phi) is 3.20. The molecular weight excluding hydrogens is 166 g/mol. The second-order valence-electron chi connectivity index (χ2n) is 2.63. The summed E-state index contributed by atoms with van der Waals surface area (Å²) < 4.78 is 4.53. The Hall–Kier alpha value is -1.64. The third kappa shape index (κ3) is 2.71. The van der Waals surface area contributed by atoms with E-state index in [2.05, 4.69) is 16.3 Å². The molecule has 13 heavy (non-hydrogen) atoms. The zero-order chi connectivity index (χ0) is 9.68. The van der Waals surface area contributed by atoms with Crippen LogP contribution in [0.25, 0.3) is 0 Å². The Labute approximate surface area is 77.1 Å².